The summed E-state index contributed by atoms with van der Waals surface area (Å²) in [5, 5.41) is 0.667. The predicted molar refractivity (Wildman–Crippen MR) is 37.4 cm³/mol. The highest BCUT2D eigenvalue weighted by Crippen LogP contribution is 2.27. The van der Waals surface area contributed by atoms with E-state index in [2.05, 4.69) is 31.9 Å². The van der Waals surface area contributed by atoms with Crippen molar-refractivity contribution in [1.29, 1.82) is 0 Å². The van der Waals surface area contributed by atoms with E-state index >= 15 is 0 Å². The Bertz CT molecular complexity index is 80.1. The van der Waals surface area contributed by atoms with E-state index in [9.17, 15) is 0 Å². The van der Waals surface area contributed by atoms with Gasteiger partial charge in [-0.2, -0.15) is 0 Å². The molecule has 1 fully saturated rings. The van der Waals surface area contributed by atoms with Crippen molar-refractivity contribution < 1.29 is 9.47 Å². The van der Waals surface area contributed by atoms with Gasteiger partial charge in [-0.1, -0.05) is 15.9 Å². The average molecular weight is 246 g/mol. The van der Waals surface area contributed by atoms with Gasteiger partial charge in [0, 0.05) is 0 Å². The van der Waals surface area contributed by atoms with Gasteiger partial charge >= 0.3 is 0 Å². The van der Waals surface area contributed by atoms with E-state index in [1.165, 1.54) is 0 Å². The van der Waals surface area contributed by atoms with Crippen LogP contribution in [0, 0.1) is 0 Å². The minimum atomic E-state index is -0.535. The molecule has 0 aromatic carbocycles. The van der Waals surface area contributed by atoms with E-state index in [0.717, 1.165) is 0 Å². The molecule has 1 rings (SSSR count). The smallest absolute Gasteiger partial charge is 0.236 e. The molecule has 0 N–H and O–H groups in total. The van der Waals surface area contributed by atoms with Crippen molar-refractivity contribution in [1.82, 2.24) is 0 Å². The van der Waals surface area contributed by atoms with Crippen LogP contribution >= 0.6 is 31.9 Å². The Morgan fingerprint density at radius 3 is 2.12 bits per heavy atom. The second-order valence-corrected chi connectivity index (χ2v) is 3.26. The number of rotatable bonds is 1. The van der Waals surface area contributed by atoms with Crippen LogP contribution < -0.4 is 0 Å². The molecule has 1 aliphatic heterocycles. The fourth-order valence-corrected chi connectivity index (χ4v) is 1.15. The number of hydrogen-bond donors (Lipinski definition) is 0. The quantitative estimate of drug-likeness (QED) is 0.652. The molecule has 8 heavy (non-hydrogen) atoms. The Morgan fingerprint density at radius 2 is 1.88 bits per heavy atom. The van der Waals surface area contributed by atoms with Crippen LogP contribution in [0.15, 0.2) is 0 Å². The SMILES string of the molecule is BrCC1(Br)OCCO1. The van der Waals surface area contributed by atoms with Crippen LogP contribution in [0.1, 0.15) is 0 Å². The second-order valence-electron chi connectivity index (χ2n) is 1.49. The average Bonchev–Trinajstić information content (AvgIpc) is 2.17. The van der Waals surface area contributed by atoms with E-state index in [1.54, 1.807) is 0 Å². The lowest BCUT2D eigenvalue weighted by Crippen LogP contribution is -2.22. The highest BCUT2D eigenvalue weighted by atomic mass is 79.9. The van der Waals surface area contributed by atoms with Gasteiger partial charge in [-0.15, -0.1) is 0 Å². The molecule has 0 amide bonds. The Labute approximate surface area is 64.8 Å². The van der Waals surface area contributed by atoms with Gasteiger partial charge in [-0.25, -0.2) is 0 Å². The second kappa shape index (κ2) is 2.64. The van der Waals surface area contributed by atoms with E-state index < -0.39 is 4.70 Å². The molecular formula is C4H6Br2O2. The summed E-state index contributed by atoms with van der Waals surface area (Å²) in [6.45, 7) is 1.35. The molecule has 1 aliphatic rings. The Kier molecular flexibility index (Phi) is 2.31. The van der Waals surface area contributed by atoms with Gasteiger partial charge in [0.15, 0.2) is 0 Å². The first-order valence-electron chi connectivity index (χ1n) is 2.30. The lowest BCUT2D eigenvalue weighted by atomic mass is 10.8. The third-order valence-electron chi connectivity index (χ3n) is 0.878. The van der Waals surface area contributed by atoms with Crippen LogP contribution in [0.25, 0.3) is 0 Å². The van der Waals surface area contributed by atoms with Crippen molar-refractivity contribution in [3.8, 4) is 0 Å². The first kappa shape index (κ1) is 6.99. The number of ether oxygens (including phenoxy) is 2. The minimum Gasteiger partial charge on any atom is -0.338 e. The van der Waals surface area contributed by atoms with Gasteiger partial charge in [-0.3, -0.25) is 0 Å². The van der Waals surface area contributed by atoms with Crippen molar-refractivity contribution in [2.75, 3.05) is 18.5 Å². The molecule has 0 unspecified atom stereocenters. The van der Waals surface area contributed by atoms with Crippen LogP contribution in [0.2, 0.25) is 0 Å². The predicted octanol–water partition coefficient (Wildman–Crippen LogP) is 1.48. The molecule has 0 aromatic heterocycles. The van der Waals surface area contributed by atoms with Gasteiger partial charge in [0.1, 0.15) is 0 Å². The van der Waals surface area contributed by atoms with Crippen molar-refractivity contribution in [3.63, 3.8) is 0 Å². The van der Waals surface area contributed by atoms with Crippen LogP contribution in [-0.2, 0) is 9.47 Å². The van der Waals surface area contributed by atoms with Gasteiger partial charge in [0.25, 0.3) is 0 Å². The highest BCUT2D eigenvalue weighted by Gasteiger charge is 2.31. The van der Waals surface area contributed by atoms with Crippen molar-refractivity contribution in [3.05, 3.63) is 0 Å². The topological polar surface area (TPSA) is 18.5 Å². The number of hydrogen-bond acceptors (Lipinski definition) is 2. The van der Waals surface area contributed by atoms with E-state index in [-0.39, 0.29) is 0 Å². The summed E-state index contributed by atoms with van der Waals surface area (Å²) in [7, 11) is 0. The van der Waals surface area contributed by atoms with Gasteiger partial charge in [0.05, 0.1) is 18.5 Å². The van der Waals surface area contributed by atoms with E-state index in [0.29, 0.717) is 18.5 Å². The summed E-state index contributed by atoms with van der Waals surface area (Å²) in [5.74, 6) is 0. The van der Waals surface area contributed by atoms with Gasteiger partial charge < -0.3 is 9.47 Å². The van der Waals surface area contributed by atoms with Crippen LogP contribution in [0.3, 0.4) is 0 Å². The number of alkyl halides is 2. The highest BCUT2D eigenvalue weighted by molar-refractivity contribution is 9.12. The van der Waals surface area contributed by atoms with Gasteiger partial charge in [0.2, 0.25) is 4.70 Å². The summed E-state index contributed by atoms with van der Waals surface area (Å²) in [6, 6.07) is 0. The standard InChI is InChI=1S/C4H6Br2O2/c5-3-4(6)7-1-2-8-4/h1-3H2. The molecule has 0 atom stereocenters. The molecule has 2 nitrogen and oxygen atoms in total. The monoisotopic (exact) mass is 244 g/mol. The fraction of sp³-hybridized carbons (Fsp3) is 1.00. The summed E-state index contributed by atoms with van der Waals surface area (Å²) in [4.78, 5) is 0. The molecule has 48 valence electrons. The maximum absolute atomic E-state index is 5.14. The largest absolute Gasteiger partial charge is 0.338 e. The van der Waals surface area contributed by atoms with Crippen molar-refractivity contribution in [2.24, 2.45) is 0 Å². The van der Waals surface area contributed by atoms with Gasteiger partial charge in [-0.05, 0) is 15.9 Å². The zero-order chi connectivity index (χ0) is 6.04. The first-order valence-corrected chi connectivity index (χ1v) is 4.21. The van der Waals surface area contributed by atoms with Crippen LogP contribution in [-0.4, -0.2) is 23.2 Å². The number of halogens is 2. The summed E-state index contributed by atoms with van der Waals surface area (Å²) in [6.07, 6.45) is 0. The Morgan fingerprint density at radius 1 is 1.38 bits per heavy atom. The van der Waals surface area contributed by atoms with Crippen molar-refractivity contribution in [2.45, 2.75) is 4.70 Å². The maximum atomic E-state index is 5.14. The Hall–Kier alpha value is 0.880. The Balaban J connectivity index is 2.40. The molecule has 4 heteroatoms. The fourth-order valence-electron chi connectivity index (χ4n) is 0.507. The van der Waals surface area contributed by atoms with Crippen LogP contribution in [0.5, 0.6) is 0 Å². The molecule has 0 aliphatic carbocycles. The molecule has 0 saturated carbocycles. The molecular weight excluding hydrogens is 240 g/mol. The molecule has 1 saturated heterocycles. The van der Waals surface area contributed by atoms with E-state index in [4.69, 9.17) is 9.47 Å². The molecule has 0 spiro atoms. The molecule has 0 radical (unpaired) electrons. The maximum Gasteiger partial charge on any atom is 0.236 e. The first-order chi connectivity index (χ1) is 3.77. The van der Waals surface area contributed by atoms with E-state index in [1.807, 2.05) is 0 Å². The summed E-state index contributed by atoms with van der Waals surface area (Å²) >= 11 is 6.49. The molecule has 0 aromatic rings. The normalized spacial score (nSPS) is 26.2. The van der Waals surface area contributed by atoms with Crippen molar-refractivity contribution >= 4 is 31.9 Å². The van der Waals surface area contributed by atoms with Crippen LogP contribution in [0.4, 0.5) is 0 Å². The lowest BCUT2D eigenvalue weighted by molar-refractivity contribution is -0.0478. The third-order valence-corrected chi connectivity index (χ3v) is 3.11. The zero-order valence-electron chi connectivity index (χ0n) is 4.19. The summed E-state index contributed by atoms with van der Waals surface area (Å²) < 4.78 is 9.74. The lowest BCUT2D eigenvalue weighted by Gasteiger charge is -2.15. The minimum absolute atomic E-state index is 0.535. The zero-order valence-corrected chi connectivity index (χ0v) is 7.37. The summed E-state index contributed by atoms with van der Waals surface area (Å²) in [5.41, 5.74) is 0. The molecule has 1 heterocycles. The third kappa shape index (κ3) is 1.43. The molecule has 0 bridgehead atoms.